The highest BCUT2D eigenvalue weighted by Gasteiger charge is 2.09. The predicted molar refractivity (Wildman–Crippen MR) is 80.4 cm³/mol. The van der Waals surface area contributed by atoms with E-state index in [4.69, 9.17) is 0 Å². The standard InChI is InChI=1S/C15H10FN3OS/c16-10-1-3-11(4-2-10)19-13-7-17-6-5-12(13)14-8-18-15(9-20)21-14/h1-9,19H. The third-order valence-electron chi connectivity index (χ3n) is 2.83. The van der Waals surface area contributed by atoms with E-state index in [9.17, 15) is 9.18 Å². The van der Waals surface area contributed by atoms with Crippen molar-refractivity contribution in [3.63, 3.8) is 0 Å². The van der Waals surface area contributed by atoms with Gasteiger partial charge in [0, 0.05) is 23.6 Å². The van der Waals surface area contributed by atoms with Crippen LogP contribution in [-0.2, 0) is 0 Å². The fourth-order valence-corrected chi connectivity index (χ4v) is 2.64. The van der Waals surface area contributed by atoms with Crippen LogP contribution in [0, 0.1) is 5.82 Å². The van der Waals surface area contributed by atoms with Crippen molar-refractivity contribution in [2.75, 3.05) is 5.32 Å². The van der Waals surface area contributed by atoms with Gasteiger partial charge in [0.05, 0.1) is 16.8 Å². The number of carbonyl (C=O) groups is 1. The SMILES string of the molecule is O=Cc1ncc(-c2ccncc2Nc2ccc(F)cc2)s1. The van der Waals surface area contributed by atoms with Crippen LogP contribution in [-0.4, -0.2) is 16.3 Å². The molecule has 0 aliphatic rings. The molecule has 104 valence electrons. The molecule has 1 aromatic carbocycles. The van der Waals surface area contributed by atoms with Crippen molar-refractivity contribution in [1.29, 1.82) is 0 Å². The Morgan fingerprint density at radius 1 is 1.14 bits per heavy atom. The zero-order valence-electron chi connectivity index (χ0n) is 10.8. The minimum atomic E-state index is -0.287. The van der Waals surface area contributed by atoms with Gasteiger partial charge in [-0.25, -0.2) is 9.37 Å². The smallest absolute Gasteiger partial charge is 0.178 e. The molecule has 0 atom stereocenters. The van der Waals surface area contributed by atoms with Crippen LogP contribution in [0.25, 0.3) is 10.4 Å². The molecule has 3 aromatic rings. The van der Waals surface area contributed by atoms with Crippen LogP contribution in [0.5, 0.6) is 0 Å². The molecular weight excluding hydrogens is 289 g/mol. The lowest BCUT2D eigenvalue weighted by Crippen LogP contribution is -1.93. The number of benzene rings is 1. The second kappa shape index (κ2) is 5.80. The first kappa shape index (κ1) is 13.4. The molecule has 0 spiro atoms. The Hall–Kier alpha value is -2.60. The second-order valence-electron chi connectivity index (χ2n) is 4.23. The Labute approximate surface area is 124 Å². The topological polar surface area (TPSA) is 54.9 Å². The maximum absolute atomic E-state index is 12.9. The fraction of sp³-hybridized carbons (Fsp3) is 0. The van der Waals surface area contributed by atoms with Crippen LogP contribution in [0.3, 0.4) is 0 Å². The van der Waals surface area contributed by atoms with Crippen LogP contribution < -0.4 is 5.32 Å². The van der Waals surface area contributed by atoms with Gasteiger partial charge in [-0.15, -0.1) is 11.3 Å². The van der Waals surface area contributed by atoms with Crippen LogP contribution in [0.2, 0.25) is 0 Å². The summed E-state index contributed by atoms with van der Waals surface area (Å²) in [4.78, 5) is 19.7. The third-order valence-corrected chi connectivity index (χ3v) is 3.79. The van der Waals surface area contributed by atoms with E-state index in [1.165, 1.54) is 23.5 Å². The van der Waals surface area contributed by atoms with Gasteiger partial charge in [0.15, 0.2) is 11.3 Å². The van der Waals surface area contributed by atoms with Gasteiger partial charge in [0.25, 0.3) is 0 Å². The van der Waals surface area contributed by atoms with Gasteiger partial charge in [0.2, 0.25) is 0 Å². The van der Waals surface area contributed by atoms with Gasteiger partial charge >= 0.3 is 0 Å². The zero-order valence-corrected chi connectivity index (χ0v) is 11.6. The van der Waals surface area contributed by atoms with E-state index in [-0.39, 0.29) is 5.82 Å². The summed E-state index contributed by atoms with van der Waals surface area (Å²) in [5.41, 5.74) is 2.41. The summed E-state index contributed by atoms with van der Waals surface area (Å²) >= 11 is 1.31. The largest absolute Gasteiger partial charge is 0.354 e. The summed E-state index contributed by atoms with van der Waals surface area (Å²) in [5.74, 6) is -0.287. The molecule has 2 aromatic heterocycles. The first-order valence-corrected chi connectivity index (χ1v) is 6.96. The van der Waals surface area contributed by atoms with Gasteiger partial charge in [-0.05, 0) is 30.3 Å². The Bertz CT molecular complexity index is 771. The molecule has 0 saturated heterocycles. The minimum absolute atomic E-state index is 0.287. The van der Waals surface area contributed by atoms with E-state index in [1.807, 2.05) is 6.07 Å². The van der Waals surface area contributed by atoms with Crippen molar-refractivity contribution in [1.82, 2.24) is 9.97 Å². The number of hydrogen-bond acceptors (Lipinski definition) is 5. The molecule has 6 heteroatoms. The molecule has 21 heavy (non-hydrogen) atoms. The fourth-order valence-electron chi connectivity index (χ4n) is 1.86. The summed E-state index contributed by atoms with van der Waals surface area (Å²) in [7, 11) is 0. The van der Waals surface area contributed by atoms with E-state index in [2.05, 4.69) is 15.3 Å². The van der Waals surface area contributed by atoms with Crippen LogP contribution in [0.1, 0.15) is 9.80 Å². The lowest BCUT2D eigenvalue weighted by Gasteiger charge is -2.10. The molecule has 0 bridgehead atoms. The second-order valence-corrected chi connectivity index (χ2v) is 5.30. The van der Waals surface area contributed by atoms with E-state index < -0.39 is 0 Å². The number of aromatic nitrogens is 2. The summed E-state index contributed by atoms with van der Waals surface area (Å²) in [6.07, 6.45) is 5.73. The zero-order chi connectivity index (χ0) is 14.7. The van der Waals surface area contributed by atoms with E-state index >= 15 is 0 Å². The number of aldehydes is 1. The third kappa shape index (κ3) is 2.95. The average Bonchev–Trinajstić information content (AvgIpc) is 2.99. The number of halogens is 1. The van der Waals surface area contributed by atoms with Crippen molar-refractivity contribution >= 4 is 29.0 Å². The quantitative estimate of drug-likeness (QED) is 0.742. The van der Waals surface area contributed by atoms with Gasteiger partial charge < -0.3 is 5.32 Å². The maximum Gasteiger partial charge on any atom is 0.178 e. The summed E-state index contributed by atoms with van der Waals surface area (Å²) in [6.45, 7) is 0. The number of nitrogens with one attached hydrogen (secondary N) is 1. The highest BCUT2D eigenvalue weighted by atomic mass is 32.1. The molecule has 0 radical (unpaired) electrons. The molecule has 0 fully saturated rings. The molecular formula is C15H10FN3OS. The van der Waals surface area contributed by atoms with E-state index in [1.54, 1.807) is 30.7 Å². The molecule has 0 saturated carbocycles. The monoisotopic (exact) mass is 299 g/mol. The molecule has 3 rings (SSSR count). The first-order chi connectivity index (χ1) is 10.3. The Morgan fingerprint density at radius 2 is 1.95 bits per heavy atom. The van der Waals surface area contributed by atoms with Gasteiger partial charge in [-0.1, -0.05) is 0 Å². The lowest BCUT2D eigenvalue weighted by molar-refractivity contribution is 0.112. The molecule has 0 amide bonds. The van der Waals surface area contributed by atoms with Crippen LogP contribution in [0.15, 0.2) is 48.9 Å². The predicted octanol–water partition coefficient (Wildman–Crippen LogP) is 3.90. The Balaban J connectivity index is 1.95. The van der Waals surface area contributed by atoms with Crippen LogP contribution in [0.4, 0.5) is 15.8 Å². The molecule has 0 aliphatic heterocycles. The number of pyridine rings is 1. The van der Waals surface area contributed by atoms with E-state index in [0.29, 0.717) is 5.01 Å². The number of hydrogen-bond donors (Lipinski definition) is 1. The molecule has 2 heterocycles. The van der Waals surface area contributed by atoms with Crippen molar-refractivity contribution in [3.05, 3.63) is 59.7 Å². The highest BCUT2D eigenvalue weighted by molar-refractivity contribution is 7.16. The average molecular weight is 299 g/mol. The highest BCUT2D eigenvalue weighted by Crippen LogP contribution is 2.32. The van der Waals surface area contributed by atoms with Gasteiger partial charge in [-0.3, -0.25) is 9.78 Å². The number of nitrogens with zero attached hydrogens (tertiary/aromatic N) is 2. The number of carbonyl (C=O) groups excluding carboxylic acids is 1. The Kier molecular flexibility index (Phi) is 3.70. The summed E-state index contributed by atoms with van der Waals surface area (Å²) in [5, 5.41) is 3.61. The van der Waals surface area contributed by atoms with Crippen LogP contribution >= 0.6 is 11.3 Å². The molecule has 1 N–H and O–H groups in total. The normalized spacial score (nSPS) is 10.3. The van der Waals surface area contributed by atoms with Gasteiger partial charge in [-0.2, -0.15) is 0 Å². The lowest BCUT2D eigenvalue weighted by atomic mass is 10.2. The van der Waals surface area contributed by atoms with E-state index in [0.717, 1.165) is 28.1 Å². The molecule has 0 unspecified atom stereocenters. The number of thiazole rings is 1. The van der Waals surface area contributed by atoms with Crippen molar-refractivity contribution < 1.29 is 9.18 Å². The van der Waals surface area contributed by atoms with Crippen molar-refractivity contribution in [3.8, 4) is 10.4 Å². The summed E-state index contributed by atoms with van der Waals surface area (Å²) < 4.78 is 12.9. The number of rotatable bonds is 4. The maximum atomic E-state index is 12.9. The minimum Gasteiger partial charge on any atom is -0.354 e. The van der Waals surface area contributed by atoms with Gasteiger partial charge in [0.1, 0.15) is 5.82 Å². The molecule has 4 nitrogen and oxygen atoms in total. The molecule has 0 aliphatic carbocycles. The Morgan fingerprint density at radius 3 is 2.67 bits per heavy atom. The van der Waals surface area contributed by atoms with Crippen molar-refractivity contribution in [2.45, 2.75) is 0 Å². The van der Waals surface area contributed by atoms with Crippen molar-refractivity contribution in [2.24, 2.45) is 0 Å². The summed E-state index contributed by atoms with van der Waals surface area (Å²) in [6, 6.07) is 7.91. The number of anilines is 2. The first-order valence-electron chi connectivity index (χ1n) is 6.14.